The molecular weight excluding hydrogens is 407 g/mol. The maximum atomic E-state index is 11.8. The molecule has 3 N–H and O–H groups in total. The summed E-state index contributed by atoms with van der Waals surface area (Å²) in [6.07, 6.45) is 8.78. The smallest absolute Gasteiger partial charge is 0.287 e. The highest BCUT2D eigenvalue weighted by Crippen LogP contribution is 2.09. The van der Waals surface area contributed by atoms with Gasteiger partial charge in [-0.15, -0.1) is 24.0 Å². The molecule has 1 aromatic rings. The van der Waals surface area contributed by atoms with Crippen molar-refractivity contribution >= 4 is 35.8 Å². The molecule has 1 amide bonds. The standard InChI is InChI=1S/C16H24N4O2.HI/c1-12-8-11-22-14(12)15(21)18-9-5-10-19-16(17-2)20-13-6-3-4-7-13;/h3-4,8,11,13H,5-7,9-10H2,1-2H3,(H,18,21)(H2,17,19,20);1H. The van der Waals surface area contributed by atoms with E-state index in [9.17, 15) is 4.79 Å². The Balaban J connectivity index is 0.00000264. The van der Waals surface area contributed by atoms with E-state index in [1.807, 2.05) is 6.92 Å². The summed E-state index contributed by atoms with van der Waals surface area (Å²) in [5, 5.41) is 9.47. The van der Waals surface area contributed by atoms with E-state index in [-0.39, 0.29) is 29.9 Å². The lowest BCUT2D eigenvalue weighted by Gasteiger charge is -2.16. The Morgan fingerprint density at radius 1 is 1.30 bits per heavy atom. The van der Waals surface area contributed by atoms with E-state index in [2.05, 4.69) is 33.1 Å². The van der Waals surface area contributed by atoms with Crippen molar-refractivity contribution in [1.29, 1.82) is 0 Å². The summed E-state index contributed by atoms with van der Waals surface area (Å²) in [6.45, 7) is 3.19. The zero-order chi connectivity index (χ0) is 15.8. The van der Waals surface area contributed by atoms with E-state index in [1.165, 1.54) is 6.26 Å². The van der Waals surface area contributed by atoms with Crippen molar-refractivity contribution in [3.8, 4) is 0 Å². The van der Waals surface area contributed by atoms with Gasteiger partial charge < -0.3 is 20.4 Å². The van der Waals surface area contributed by atoms with E-state index in [0.717, 1.165) is 37.3 Å². The first-order valence-corrected chi connectivity index (χ1v) is 7.65. The zero-order valence-electron chi connectivity index (χ0n) is 13.6. The maximum Gasteiger partial charge on any atom is 0.287 e. The third-order valence-corrected chi connectivity index (χ3v) is 3.57. The second-order valence-electron chi connectivity index (χ2n) is 5.33. The molecule has 6 nitrogen and oxygen atoms in total. The van der Waals surface area contributed by atoms with Gasteiger partial charge in [0.15, 0.2) is 11.7 Å². The number of halogens is 1. The third kappa shape index (κ3) is 6.25. The maximum absolute atomic E-state index is 11.8. The summed E-state index contributed by atoms with van der Waals surface area (Å²) in [7, 11) is 1.76. The van der Waals surface area contributed by atoms with Crippen molar-refractivity contribution in [3.05, 3.63) is 35.8 Å². The predicted molar refractivity (Wildman–Crippen MR) is 102 cm³/mol. The molecule has 1 aliphatic rings. The van der Waals surface area contributed by atoms with Crippen molar-refractivity contribution in [2.24, 2.45) is 4.99 Å². The van der Waals surface area contributed by atoms with Crippen LogP contribution in [0.4, 0.5) is 0 Å². The molecule has 2 rings (SSSR count). The molecule has 0 saturated carbocycles. The number of hydrogen-bond acceptors (Lipinski definition) is 3. The first-order chi connectivity index (χ1) is 10.7. The number of amides is 1. The number of furan rings is 1. The van der Waals surface area contributed by atoms with Crippen LogP contribution in [0.2, 0.25) is 0 Å². The molecule has 1 aliphatic carbocycles. The summed E-state index contributed by atoms with van der Waals surface area (Å²) in [5.74, 6) is 1.03. The van der Waals surface area contributed by atoms with Gasteiger partial charge in [-0.25, -0.2) is 0 Å². The number of nitrogens with zero attached hydrogens (tertiary/aromatic N) is 1. The average Bonchev–Trinajstić information content (AvgIpc) is 3.16. The lowest BCUT2D eigenvalue weighted by Crippen LogP contribution is -2.43. The number of rotatable bonds is 6. The number of carbonyl (C=O) groups excluding carboxylic acids is 1. The quantitative estimate of drug-likeness (QED) is 0.212. The first-order valence-electron chi connectivity index (χ1n) is 7.65. The number of guanidine groups is 1. The van der Waals surface area contributed by atoms with Crippen LogP contribution < -0.4 is 16.0 Å². The Morgan fingerprint density at radius 2 is 2.00 bits per heavy atom. The number of hydrogen-bond donors (Lipinski definition) is 3. The van der Waals surface area contributed by atoms with Crippen LogP contribution in [0.3, 0.4) is 0 Å². The average molecular weight is 432 g/mol. The molecule has 0 fully saturated rings. The van der Waals surface area contributed by atoms with Gasteiger partial charge in [0, 0.05) is 31.7 Å². The number of nitrogens with one attached hydrogen (secondary N) is 3. The van der Waals surface area contributed by atoms with Gasteiger partial charge in [0.25, 0.3) is 5.91 Å². The molecule has 128 valence electrons. The minimum Gasteiger partial charge on any atom is -0.459 e. The predicted octanol–water partition coefficient (Wildman–Crippen LogP) is 2.21. The Morgan fingerprint density at radius 3 is 2.61 bits per heavy atom. The van der Waals surface area contributed by atoms with Gasteiger partial charge in [-0.2, -0.15) is 0 Å². The second kappa shape index (κ2) is 10.3. The number of aryl methyl sites for hydroxylation is 1. The normalized spacial score (nSPS) is 14.4. The number of carbonyl (C=O) groups is 1. The van der Waals surface area contributed by atoms with Crippen LogP contribution in [0.25, 0.3) is 0 Å². The number of aliphatic imine (C=N–C) groups is 1. The molecule has 0 spiro atoms. The van der Waals surface area contributed by atoms with E-state index in [4.69, 9.17) is 4.42 Å². The summed E-state index contributed by atoms with van der Waals surface area (Å²) in [6, 6.07) is 2.22. The second-order valence-corrected chi connectivity index (χ2v) is 5.33. The van der Waals surface area contributed by atoms with Gasteiger partial charge in [0.1, 0.15) is 0 Å². The molecule has 0 saturated heterocycles. The van der Waals surface area contributed by atoms with Gasteiger partial charge in [-0.1, -0.05) is 12.2 Å². The molecule has 7 heteroatoms. The fourth-order valence-electron chi connectivity index (χ4n) is 2.31. The van der Waals surface area contributed by atoms with Gasteiger partial charge in [-0.3, -0.25) is 9.79 Å². The molecule has 0 radical (unpaired) electrons. The van der Waals surface area contributed by atoms with Gasteiger partial charge >= 0.3 is 0 Å². The van der Waals surface area contributed by atoms with Crippen LogP contribution in [0.1, 0.15) is 35.4 Å². The van der Waals surface area contributed by atoms with Crippen molar-refractivity contribution < 1.29 is 9.21 Å². The first kappa shape index (κ1) is 19.5. The minimum absolute atomic E-state index is 0. The Hall–Kier alpha value is -1.51. The third-order valence-electron chi connectivity index (χ3n) is 3.57. The van der Waals surface area contributed by atoms with E-state index < -0.39 is 0 Å². The van der Waals surface area contributed by atoms with Crippen molar-refractivity contribution in [1.82, 2.24) is 16.0 Å². The summed E-state index contributed by atoms with van der Waals surface area (Å²) in [4.78, 5) is 16.0. The van der Waals surface area contributed by atoms with Crippen molar-refractivity contribution in [3.63, 3.8) is 0 Å². The Labute approximate surface area is 154 Å². The van der Waals surface area contributed by atoms with Crippen molar-refractivity contribution in [2.45, 2.75) is 32.2 Å². The SMILES string of the molecule is CN=C(NCCCNC(=O)c1occc1C)NC1CC=CC1.I. The summed E-state index contributed by atoms with van der Waals surface area (Å²) in [5.41, 5.74) is 0.852. The van der Waals surface area contributed by atoms with Crippen LogP contribution in [0, 0.1) is 6.92 Å². The summed E-state index contributed by atoms with van der Waals surface area (Å²) < 4.78 is 5.15. The van der Waals surface area contributed by atoms with Gasteiger partial charge in [0.2, 0.25) is 0 Å². The molecule has 0 unspecified atom stereocenters. The molecular formula is C16H25IN4O2. The van der Waals surface area contributed by atoms with Crippen LogP contribution in [0.15, 0.2) is 33.9 Å². The van der Waals surface area contributed by atoms with Crippen LogP contribution >= 0.6 is 24.0 Å². The highest BCUT2D eigenvalue weighted by Gasteiger charge is 2.12. The molecule has 0 bridgehead atoms. The fraction of sp³-hybridized carbons (Fsp3) is 0.500. The van der Waals surface area contributed by atoms with E-state index >= 15 is 0 Å². The molecule has 23 heavy (non-hydrogen) atoms. The fourth-order valence-corrected chi connectivity index (χ4v) is 2.31. The lowest BCUT2D eigenvalue weighted by molar-refractivity contribution is 0.0925. The Kier molecular flexibility index (Phi) is 8.75. The highest BCUT2D eigenvalue weighted by atomic mass is 127. The van der Waals surface area contributed by atoms with Crippen LogP contribution in [-0.2, 0) is 0 Å². The van der Waals surface area contributed by atoms with Crippen LogP contribution in [-0.4, -0.2) is 38.0 Å². The minimum atomic E-state index is -0.165. The van der Waals surface area contributed by atoms with E-state index in [1.54, 1.807) is 13.1 Å². The van der Waals surface area contributed by atoms with Gasteiger partial charge in [-0.05, 0) is 32.3 Å². The molecule has 1 aromatic heterocycles. The highest BCUT2D eigenvalue weighted by molar-refractivity contribution is 14.0. The van der Waals surface area contributed by atoms with Gasteiger partial charge in [0.05, 0.1) is 6.26 Å². The van der Waals surface area contributed by atoms with E-state index in [0.29, 0.717) is 18.3 Å². The largest absolute Gasteiger partial charge is 0.459 e. The van der Waals surface area contributed by atoms with Crippen LogP contribution in [0.5, 0.6) is 0 Å². The topological polar surface area (TPSA) is 78.7 Å². The molecule has 0 aliphatic heterocycles. The lowest BCUT2D eigenvalue weighted by atomic mass is 10.2. The zero-order valence-corrected chi connectivity index (χ0v) is 15.9. The monoisotopic (exact) mass is 432 g/mol. The summed E-state index contributed by atoms with van der Waals surface area (Å²) >= 11 is 0. The van der Waals surface area contributed by atoms with Crippen molar-refractivity contribution in [2.75, 3.05) is 20.1 Å². The molecule has 1 heterocycles. The molecule has 0 atom stereocenters. The molecule has 0 aromatic carbocycles. The Bertz CT molecular complexity index is 546.